The van der Waals surface area contributed by atoms with Crippen molar-refractivity contribution in [2.24, 2.45) is 0 Å². The zero-order chi connectivity index (χ0) is 17.6. The normalized spacial score (nSPS) is 12.8. The summed E-state index contributed by atoms with van der Waals surface area (Å²) in [6.45, 7) is 1.67. The minimum Gasteiger partial charge on any atom is -0.406 e. The molecule has 1 aromatic carbocycles. The number of hydrogen-bond donors (Lipinski definition) is 1. The first-order valence-corrected chi connectivity index (χ1v) is 7.08. The molecule has 0 aliphatic heterocycles. The monoisotopic (exact) mass is 336 g/mol. The second-order valence-electron chi connectivity index (χ2n) is 4.97. The molecule has 2 rings (SSSR count). The van der Waals surface area contributed by atoms with Crippen LogP contribution < -0.4 is 10.1 Å². The lowest BCUT2D eigenvalue weighted by Crippen LogP contribution is -2.24. The highest BCUT2D eigenvalue weighted by molar-refractivity contribution is 5.91. The smallest absolute Gasteiger partial charge is 0.406 e. The number of halogens is 3. The van der Waals surface area contributed by atoms with Crippen molar-refractivity contribution in [3.63, 3.8) is 0 Å². The van der Waals surface area contributed by atoms with Gasteiger partial charge in [-0.25, -0.2) is 0 Å². The van der Waals surface area contributed by atoms with Gasteiger partial charge in [0.25, 0.3) is 0 Å². The first-order valence-electron chi connectivity index (χ1n) is 7.08. The average molecular weight is 336 g/mol. The minimum atomic E-state index is -4.75. The summed E-state index contributed by atoms with van der Waals surface area (Å²) in [6, 6.07) is 8.54. The molecule has 1 heterocycles. The van der Waals surface area contributed by atoms with E-state index in [4.69, 9.17) is 0 Å². The van der Waals surface area contributed by atoms with Crippen molar-refractivity contribution >= 4 is 12.0 Å². The molecule has 0 bridgehead atoms. The van der Waals surface area contributed by atoms with Crippen molar-refractivity contribution in [3.8, 4) is 5.75 Å². The highest BCUT2D eigenvalue weighted by atomic mass is 19.4. The summed E-state index contributed by atoms with van der Waals surface area (Å²) in [5.74, 6) is -0.694. The number of carbonyl (C=O) groups is 1. The van der Waals surface area contributed by atoms with Gasteiger partial charge in [-0.15, -0.1) is 13.2 Å². The van der Waals surface area contributed by atoms with E-state index in [0.29, 0.717) is 5.56 Å². The van der Waals surface area contributed by atoms with Gasteiger partial charge in [0.15, 0.2) is 0 Å². The molecular weight excluding hydrogens is 321 g/mol. The van der Waals surface area contributed by atoms with Crippen molar-refractivity contribution < 1.29 is 22.7 Å². The van der Waals surface area contributed by atoms with Gasteiger partial charge in [-0.1, -0.05) is 18.2 Å². The SMILES string of the molecule is CC(NC(=O)/C=C/c1cccnc1)c1cccc(OC(F)(F)F)c1. The number of carbonyl (C=O) groups excluding carboxylic acids is 1. The molecule has 126 valence electrons. The molecule has 0 aliphatic rings. The van der Waals surface area contributed by atoms with Crippen molar-refractivity contribution in [1.29, 1.82) is 0 Å². The van der Waals surface area contributed by atoms with Crippen LogP contribution >= 0.6 is 0 Å². The predicted molar refractivity (Wildman–Crippen MR) is 83.0 cm³/mol. The Morgan fingerprint density at radius 2 is 2.08 bits per heavy atom. The fourth-order valence-electron chi connectivity index (χ4n) is 1.97. The Hall–Kier alpha value is -2.83. The molecule has 1 amide bonds. The van der Waals surface area contributed by atoms with Gasteiger partial charge >= 0.3 is 6.36 Å². The average Bonchev–Trinajstić information content (AvgIpc) is 2.52. The second-order valence-corrected chi connectivity index (χ2v) is 4.97. The molecular formula is C17H15F3N2O2. The summed E-state index contributed by atoms with van der Waals surface area (Å²) in [5, 5.41) is 2.67. The Kier molecular flexibility index (Phi) is 5.57. The van der Waals surface area contributed by atoms with E-state index in [1.807, 2.05) is 0 Å². The molecule has 0 fully saturated rings. The summed E-state index contributed by atoms with van der Waals surface area (Å²) in [6.07, 6.45) is 1.40. The van der Waals surface area contributed by atoms with E-state index in [2.05, 4.69) is 15.0 Å². The number of amides is 1. The van der Waals surface area contributed by atoms with E-state index in [0.717, 1.165) is 5.56 Å². The lowest BCUT2D eigenvalue weighted by Gasteiger charge is -2.15. The molecule has 0 spiro atoms. The minimum absolute atomic E-state index is 0.327. The lowest BCUT2D eigenvalue weighted by atomic mass is 10.1. The first kappa shape index (κ1) is 17.5. The molecule has 4 nitrogen and oxygen atoms in total. The molecule has 24 heavy (non-hydrogen) atoms. The Morgan fingerprint density at radius 1 is 1.29 bits per heavy atom. The summed E-state index contributed by atoms with van der Waals surface area (Å²) >= 11 is 0. The molecule has 1 N–H and O–H groups in total. The zero-order valence-electron chi connectivity index (χ0n) is 12.7. The fraction of sp³-hybridized carbons (Fsp3) is 0.176. The van der Waals surface area contributed by atoms with Gasteiger partial charge in [0, 0.05) is 18.5 Å². The fourth-order valence-corrected chi connectivity index (χ4v) is 1.97. The van der Waals surface area contributed by atoms with E-state index >= 15 is 0 Å². The third-order valence-corrected chi connectivity index (χ3v) is 3.06. The number of alkyl halides is 3. The number of hydrogen-bond acceptors (Lipinski definition) is 3. The molecule has 0 saturated heterocycles. The van der Waals surface area contributed by atoms with E-state index in [9.17, 15) is 18.0 Å². The van der Waals surface area contributed by atoms with Gasteiger partial charge in [0.05, 0.1) is 6.04 Å². The summed E-state index contributed by atoms with van der Waals surface area (Å²) in [5.41, 5.74) is 1.26. The van der Waals surface area contributed by atoms with Crippen LogP contribution in [0.5, 0.6) is 5.75 Å². The van der Waals surface area contributed by atoms with Gasteiger partial charge < -0.3 is 10.1 Å². The Balaban J connectivity index is 1.99. The second kappa shape index (κ2) is 7.63. The van der Waals surface area contributed by atoms with Gasteiger partial charge in [-0.3, -0.25) is 9.78 Å². The number of ether oxygens (including phenoxy) is 1. The molecule has 0 aliphatic carbocycles. The lowest BCUT2D eigenvalue weighted by molar-refractivity contribution is -0.274. The molecule has 0 radical (unpaired) electrons. The third kappa shape index (κ3) is 5.75. The van der Waals surface area contributed by atoms with E-state index in [1.54, 1.807) is 43.6 Å². The summed E-state index contributed by atoms with van der Waals surface area (Å²) in [7, 11) is 0. The first-order chi connectivity index (χ1) is 11.3. The Morgan fingerprint density at radius 3 is 2.75 bits per heavy atom. The van der Waals surface area contributed by atoms with E-state index in [1.165, 1.54) is 24.3 Å². The maximum absolute atomic E-state index is 12.2. The topological polar surface area (TPSA) is 51.2 Å². The summed E-state index contributed by atoms with van der Waals surface area (Å²) in [4.78, 5) is 15.8. The van der Waals surface area contributed by atoms with Crippen molar-refractivity contribution in [2.75, 3.05) is 0 Å². The zero-order valence-corrected chi connectivity index (χ0v) is 12.7. The molecule has 1 aromatic heterocycles. The van der Waals surface area contributed by atoms with Crippen LogP contribution in [-0.4, -0.2) is 17.3 Å². The Bertz CT molecular complexity index is 715. The number of benzene rings is 1. The number of nitrogens with one attached hydrogen (secondary N) is 1. The third-order valence-electron chi connectivity index (χ3n) is 3.06. The van der Waals surface area contributed by atoms with Crippen LogP contribution in [0.2, 0.25) is 0 Å². The molecule has 1 atom stereocenters. The van der Waals surface area contributed by atoms with Crippen LogP contribution in [0.15, 0.2) is 54.9 Å². The van der Waals surface area contributed by atoms with Crippen LogP contribution in [0.3, 0.4) is 0 Å². The number of aromatic nitrogens is 1. The number of pyridine rings is 1. The van der Waals surface area contributed by atoms with Crippen LogP contribution in [0.25, 0.3) is 6.08 Å². The molecule has 0 saturated carbocycles. The molecule has 2 aromatic rings. The molecule has 1 unspecified atom stereocenters. The number of nitrogens with zero attached hydrogens (tertiary/aromatic N) is 1. The maximum Gasteiger partial charge on any atom is 0.573 e. The largest absolute Gasteiger partial charge is 0.573 e. The standard InChI is InChI=1S/C17H15F3N2O2/c1-12(14-5-2-6-15(10-14)24-17(18,19)20)22-16(23)8-7-13-4-3-9-21-11-13/h2-12H,1H3,(H,22,23)/b8-7+. The van der Waals surface area contributed by atoms with Crippen LogP contribution in [0.4, 0.5) is 13.2 Å². The highest BCUT2D eigenvalue weighted by Gasteiger charge is 2.31. The van der Waals surface area contributed by atoms with Gasteiger partial charge in [-0.05, 0) is 42.3 Å². The van der Waals surface area contributed by atoms with Gasteiger partial charge in [0.1, 0.15) is 5.75 Å². The number of rotatable bonds is 5. The van der Waals surface area contributed by atoms with Crippen molar-refractivity contribution in [3.05, 3.63) is 66.0 Å². The quantitative estimate of drug-likeness (QED) is 0.843. The maximum atomic E-state index is 12.2. The summed E-state index contributed by atoms with van der Waals surface area (Å²) < 4.78 is 40.6. The van der Waals surface area contributed by atoms with Crippen LogP contribution in [0, 0.1) is 0 Å². The van der Waals surface area contributed by atoms with Gasteiger partial charge in [-0.2, -0.15) is 0 Å². The Labute approximate surface area is 137 Å². The molecule has 7 heteroatoms. The van der Waals surface area contributed by atoms with Crippen molar-refractivity contribution in [1.82, 2.24) is 10.3 Å². The van der Waals surface area contributed by atoms with E-state index in [-0.39, 0.29) is 11.7 Å². The predicted octanol–water partition coefficient (Wildman–Crippen LogP) is 3.87. The highest BCUT2D eigenvalue weighted by Crippen LogP contribution is 2.25. The van der Waals surface area contributed by atoms with Crippen LogP contribution in [0.1, 0.15) is 24.1 Å². The van der Waals surface area contributed by atoms with Gasteiger partial charge in [0.2, 0.25) is 5.91 Å². The van der Waals surface area contributed by atoms with Crippen molar-refractivity contribution in [2.45, 2.75) is 19.3 Å². The van der Waals surface area contributed by atoms with E-state index < -0.39 is 12.4 Å². The van der Waals surface area contributed by atoms with Crippen LogP contribution in [-0.2, 0) is 4.79 Å².